The normalized spacial score (nSPS) is 10.5. The number of esters is 1. The van der Waals surface area contributed by atoms with Gasteiger partial charge in [-0.2, -0.15) is 0 Å². The smallest absolute Gasteiger partial charge is 0.311 e. The highest BCUT2D eigenvalue weighted by atomic mass is 35.5. The number of benzene rings is 2. The minimum Gasteiger partial charge on any atom is -0.441 e. The number of aryl methyl sites for hydroxylation is 1. The molecule has 1 N–H and O–H groups in total. The maximum Gasteiger partial charge on any atom is 0.311 e. The van der Waals surface area contributed by atoms with Crippen LogP contribution in [0.15, 0.2) is 53.1 Å². The second-order valence-corrected chi connectivity index (χ2v) is 6.77. The van der Waals surface area contributed by atoms with Crippen LogP contribution in [0.5, 0.6) is 5.75 Å². The molecule has 0 atom stereocenters. The summed E-state index contributed by atoms with van der Waals surface area (Å²) in [6.07, 6.45) is 1.94. The van der Waals surface area contributed by atoms with Gasteiger partial charge in [0.1, 0.15) is 5.75 Å². The van der Waals surface area contributed by atoms with Crippen molar-refractivity contribution < 1.29 is 18.7 Å². The van der Waals surface area contributed by atoms with Crippen LogP contribution in [-0.4, -0.2) is 16.9 Å². The minimum atomic E-state index is -0.420. The zero-order chi connectivity index (χ0) is 20.1. The summed E-state index contributed by atoms with van der Waals surface area (Å²) in [6.45, 7) is 1.42. The van der Waals surface area contributed by atoms with Crippen LogP contribution in [0, 0.1) is 0 Å². The summed E-state index contributed by atoms with van der Waals surface area (Å²) >= 11 is 12.1. The molecular formula is C20H16Cl2N2O4. The Balaban J connectivity index is 1.55. The molecule has 2 aromatic carbocycles. The number of hydrogen-bond acceptors (Lipinski definition) is 5. The summed E-state index contributed by atoms with van der Waals surface area (Å²) in [5.74, 6) is 0.698. The molecule has 144 valence electrons. The van der Waals surface area contributed by atoms with E-state index in [1.165, 1.54) is 6.92 Å². The van der Waals surface area contributed by atoms with Crippen molar-refractivity contribution in [3.63, 3.8) is 0 Å². The summed E-state index contributed by atoms with van der Waals surface area (Å²) in [5.41, 5.74) is 1.30. The third-order valence-electron chi connectivity index (χ3n) is 3.70. The van der Waals surface area contributed by atoms with Gasteiger partial charge in [-0.25, -0.2) is 4.98 Å². The van der Waals surface area contributed by atoms with E-state index in [2.05, 4.69) is 10.3 Å². The molecule has 0 saturated heterocycles. The average Bonchev–Trinajstić information content (AvgIpc) is 3.10. The zero-order valence-corrected chi connectivity index (χ0v) is 16.4. The first-order chi connectivity index (χ1) is 13.4. The number of oxazole rings is 1. The highest BCUT2D eigenvalue weighted by Gasteiger charge is 2.13. The first-order valence-electron chi connectivity index (χ1n) is 8.39. The summed E-state index contributed by atoms with van der Waals surface area (Å²) in [5, 5.41) is 3.62. The molecule has 3 rings (SSSR count). The van der Waals surface area contributed by atoms with E-state index in [9.17, 15) is 9.59 Å². The van der Waals surface area contributed by atoms with Crippen LogP contribution in [0.25, 0.3) is 11.3 Å². The quantitative estimate of drug-likeness (QED) is 0.442. The van der Waals surface area contributed by atoms with Crippen molar-refractivity contribution in [3.8, 4) is 17.1 Å². The van der Waals surface area contributed by atoms with Crippen LogP contribution in [-0.2, 0) is 16.0 Å². The van der Waals surface area contributed by atoms with E-state index < -0.39 is 5.97 Å². The Morgan fingerprint density at radius 1 is 1.14 bits per heavy atom. The molecule has 0 aliphatic heterocycles. The maximum absolute atomic E-state index is 12.0. The van der Waals surface area contributed by atoms with E-state index in [1.807, 2.05) is 0 Å². The molecule has 0 spiro atoms. The van der Waals surface area contributed by atoms with Gasteiger partial charge in [-0.3, -0.25) is 9.59 Å². The second kappa shape index (κ2) is 8.91. The lowest BCUT2D eigenvalue weighted by atomic mass is 10.2. The van der Waals surface area contributed by atoms with Crippen LogP contribution >= 0.6 is 23.2 Å². The molecular weight excluding hydrogens is 403 g/mol. The molecule has 0 aliphatic carbocycles. The van der Waals surface area contributed by atoms with Crippen LogP contribution in [0.2, 0.25) is 10.0 Å². The van der Waals surface area contributed by atoms with Crippen LogP contribution in [0.1, 0.15) is 19.2 Å². The Morgan fingerprint density at radius 3 is 2.57 bits per heavy atom. The van der Waals surface area contributed by atoms with Crippen molar-refractivity contribution in [1.82, 2.24) is 4.98 Å². The molecule has 0 saturated carbocycles. The Hall–Kier alpha value is -2.83. The number of nitrogens with zero attached hydrogens (tertiary/aromatic N) is 1. The number of halogens is 2. The Labute approximate surface area is 171 Å². The first-order valence-corrected chi connectivity index (χ1v) is 9.15. The molecule has 0 fully saturated rings. The molecule has 0 radical (unpaired) electrons. The van der Waals surface area contributed by atoms with Crippen molar-refractivity contribution in [2.24, 2.45) is 0 Å². The van der Waals surface area contributed by atoms with E-state index in [1.54, 1.807) is 48.7 Å². The predicted octanol–water partition coefficient (Wildman–Crippen LogP) is 5.15. The van der Waals surface area contributed by atoms with Gasteiger partial charge in [0.15, 0.2) is 11.7 Å². The average molecular weight is 419 g/mol. The van der Waals surface area contributed by atoms with E-state index >= 15 is 0 Å². The highest BCUT2D eigenvalue weighted by molar-refractivity contribution is 6.36. The SMILES string of the molecule is CC(=O)Nc1ccc(OC(=O)CCc2ncc(-c3ccc(Cl)cc3Cl)o2)cc1. The number of carbonyl (C=O) groups is 2. The van der Waals surface area contributed by atoms with E-state index in [-0.39, 0.29) is 18.7 Å². The number of rotatable bonds is 6. The molecule has 28 heavy (non-hydrogen) atoms. The first kappa shape index (κ1) is 19.9. The molecule has 0 bridgehead atoms. The third-order valence-corrected chi connectivity index (χ3v) is 4.25. The third kappa shape index (κ3) is 5.34. The Kier molecular flexibility index (Phi) is 6.34. The lowest BCUT2D eigenvalue weighted by Crippen LogP contribution is -2.09. The van der Waals surface area contributed by atoms with Gasteiger partial charge >= 0.3 is 5.97 Å². The fraction of sp³-hybridized carbons (Fsp3) is 0.150. The van der Waals surface area contributed by atoms with Gasteiger partial charge in [0, 0.05) is 29.6 Å². The van der Waals surface area contributed by atoms with Gasteiger partial charge in [-0.05, 0) is 42.5 Å². The molecule has 8 heteroatoms. The number of hydrogen-bond donors (Lipinski definition) is 1. The van der Waals surface area contributed by atoms with Gasteiger partial charge in [0.2, 0.25) is 5.91 Å². The number of nitrogens with one attached hydrogen (secondary N) is 1. The number of anilines is 1. The summed E-state index contributed by atoms with van der Waals surface area (Å²) in [7, 11) is 0. The maximum atomic E-state index is 12.0. The van der Waals surface area contributed by atoms with Gasteiger partial charge in [-0.1, -0.05) is 23.2 Å². The monoisotopic (exact) mass is 418 g/mol. The lowest BCUT2D eigenvalue weighted by molar-refractivity contribution is -0.134. The fourth-order valence-corrected chi connectivity index (χ4v) is 2.94. The molecule has 1 heterocycles. The van der Waals surface area contributed by atoms with E-state index in [0.29, 0.717) is 38.7 Å². The van der Waals surface area contributed by atoms with Crippen LogP contribution in [0.4, 0.5) is 5.69 Å². The minimum absolute atomic E-state index is 0.0990. The van der Waals surface area contributed by atoms with Crippen molar-refractivity contribution in [2.75, 3.05) is 5.32 Å². The summed E-state index contributed by atoms with van der Waals surface area (Å²) in [6, 6.07) is 11.6. The van der Waals surface area contributed by atoms with Crippen molar-refractivity contribution >= 4 is 40.8 Å². The van der Waals surface area contributed by atoms with Crippen molar-refractivity contribution in [1.29, 1.82) is 0 Å². The second-order valence-electron chi connectivity index (χ2n) is 5.92. The summed E-state index contributed by atoms with van der Waals surface area (Å²) < 4.78 is 10.9. The van der Waals surface area contributed by atoms with E-state index in [4.69, 9.17) is 32.4 Å². The molecule has 0 aliphatic rings. The lowest BCUT2D eigenvalue weighted by Gasteiger charge is -2.05. The topological polar surface area (TPSA) is 81.4 Å². The number of carbonyl (C=O) groups excluding carboxylic acids is 2. The standard InChI is InChI=1S/C20H16Cl2N2O4/c1-12(25)24-14-3-5-15(6-4-14)27-20(26)9-8-19-23-11-18(28-19)16-7-2-13(21)10-17(16)22/h2-7,10-11H,8-9H2,1H3,(H,24,25). The molecule has 0 unspecified atom stereocenters. The molecule has 1 aromatic heterocycles. The zero-order valence-electron chi connectivity index (χ0n) is 14.9. The van der Waals surface area contributed by atoms with Crippen LogP contribution in [0.3, 0.4) is 0 Å². The number of aromatic nitrogens is 1. The molecule has 3 aromatic rings. The van der Waals surface area contributed by atoms with Gasteiger partial charge in [0.05, 0.1) is 17.6 Å². The van der Waals surface area contributed by atoms with Gasteiger partial charge < -0.3 is 14.5 Å². The Bertz CT molecular complexity index is 1000. The number of amides is 1. The fourth-order valence-electron chi connectivity index (χ4n) is 2.44. The predicted molar refractivity (Wildman–Crippen MR) is 107 cm³/mol. The largest absolute Gasteiger partial charge is 0.441 e. The van der Waals surface area contributed by atoms with E-state index in [0.717, 1.165) is 0 Å². The number of ether oxygens (including phenoxy) is 1. The van der Waals surface area contributed by atoms with Gasteiger partial charge in [0.25, 0.3) is 0 Å². The van der Waals surface area contributed by atoms with Crippen molar-refractivity contribution in [2.45, 2.75) is 19.8 Å². The highest BCUT2D eigenvalue weighted by Crippen LogP contribution is 2.30. The Morgan fingerprint density at radius 2 is 1.89 bits per heavy atom. The molecule has 1 amide bonds. The van der Waals surface area contributed by atoms with Crippen LogP contribution < -0.4 is 10.1 Å². The summed E-state index contributed by atoms with van der Waals surface area (Å²) in [4.78, 5) is 27.2. The van der Waals surface area contributed by atoms with Gasteiger partial charge in [-0.15, -0.1) is 0 Å². The van der Waals surface area contributed by atoms with Crippen molar-refractivity contribution in [3.05, 3.63) is 64.6 Å². The molecule has 6 nitrogen and oxygen atoms in total.